The lowest BCUT2D eigenvalue weighted by molar-refractivity contribution is 0.0426. The first-order chi connectivity index (χ1) is 31.5. The van der Waals surface area contributed by atoms with Crippen LogP contribution >= 0.6 is 0 Å². The first-order valence-corrected chi connectivity index (χ1v) is 20.9. The molecule has 0 unspecified atom stereocenters. The number of hydrogen-bond donors (Lipinski definition) is 0. The maximum Gasteiger partial charge on any atom is 0.347 e. The summed E-state index contributed by atoms with van der Waals surface area (Å²) in [5.74, 6) is -2.80. The molecule has 2 aliphatic rings. The standard InChI is InChI=1S/C58H34O6/c59-55-51-47(37-23-11-3-12-24-37)43(35-19-7-1-8-20-35)45(49(53(51)57(61)63-55)39-27-15-5-16-28-39)41-31-33-42(34-32-41)46-44(36-21-9-2-10-22-36)48(38-25-13-4-14-26-38)52-54(58(62)64-56(52)60)50(46)40-29-17-6-18-30-40/h1-34H. The molecule has 0 amide bonds. The Kier molecular flexibility index (Phi) is 9.32. The Morgan fingerprint density at radius 2 is 0.312 bits per heavy atom. The average Bonchev–Trinajstić information content (AvgIpc) is 3.82. The van der Waals surface area contributed by atoms with E-state index in [1.807, 2.05) is 206 Å². The molecular formula is C58H34O6. The average molecular weight is 827 g/mol. The number of esters is 4. The molecule has 0 N–H and O–H groups in total. The Morgan fingerprint density at radius 3 is 0.484 bits per heavy atom. The second-order valence-corrected chi connectivity index (χ2v) is 15.6. The Labute approximate surface area is 368 Å². The highest BCUT2D eigenvalue weighted by atomic mass is 16.6. The molecule has 0 aromatic heterocycles. The number of ether oxygens (including phenoxy) is 2. The Hall–Kier alpha value is -8.74. The molecule has 0 aliphatic carbocycles. The van der Waals surface area contributed by atoms with Gasteiger partial charge in [0.15, 0.2) is 0 Å². The van der Waals surface area contributed by atoms with Gasteiger partial charge in [-0.2, -0.15) is 0 Å². The minimum Gasteiger partial charge on any atom is -0.386 e. The largest absolute Gasteiger partial charge is 0.386 e. The molecule has 0 spiro atoms. The summed E-state index contributed by atoms with van der Waals surface area (Å²) in [6.45, 7) is 0. The van der Waals surface area contributed by atoms with Crippen LogP contribution in [0.1, 0.15) is 41.4 Å². The van der Waals surface area contributed by atoms with Gasteiger partial charge in [-0.25, -0.2) is 19.2 Å². The van der Waals surface area contributed by atoms with Gasteiger partial charge in [-0.3, -0.25) is 0 Å². The van der Waals surface area contributed by atoms with E-state index in [-0.39, 0.29) is 22.3 Å². The lowest BCUT2D eigenvalue weighted by Gasteiger charge is -2.25. The van der Waals surface area contributed by atoms with Crippen LogP contribution in [0, 0.1) is 0 Å². The van der Waals surface area contributed by atoms with Crippen molar-refractivity contribution in [1.82, 2.24) is 0 Å². The minimum atomic E-state index is -0.707. The third-order valence-corrected chi connectivity index (χ3v) is 12.0. The van der Waals surface area contributed by atoms with Crippen molar-refractivity contribution in [2.24, 2.45) is 0 Å². The molecule has 2 heterocycles. The molecule has 0 atom stereocenters. The molecule has 2 aliphatic heterocycles. The predicted molar refractivity (Wildman–Crippen MR) is 249 cm³/mol. The molecule has 9 aromatic rings. The van der Waals surface area contributed by atoms with Gasteiger partial charge in [-0.15, -0.1) is 0 Å². The molecular weight excluding hydrogens is 793 g/mol. The van der Waals surface area contributed by atoms with E-state index in [0.717, 1.165) is 66.8 Å². The van der Waals surface area contributed by atoms with Crippen LogP contribution in [0.3, 0.4) is 0 Å². The fourth-order valence-corrected chi connectivity index (χ4v) is 9.43. The third-order valence-electron chi connectivity index (χ3n) is 12.0. The van der Waals surface area contributed by atoms with Gasteiger partial charge in [0.2, 0.25) is 0 Å². The monoisotopic (exact) mass is 826 g/mol. The number of carbonyl (C=O) groups is 4. The zero-order chi connectivity index (χ0) is 43.3. The molecule has 6 nitrogen and oxygen atoms in total. The molecule has 11 rings (SSSR count). The van der Waals surface area contributed by atoms with Crippen LogP contribution < -0.4 is 0 Å². The first kappa shape index (κ1) is 38.2. The van der Waals surface area contributed by atoms with E-state index in [9.17, 15) is 19.2 Å². The number of benzene rings is 9. The quantitative estimate of drug-likeness (QED) is 0.112. The zero-order valence-corrected chi connectivity index (χ0v) is 34.1. The van der Waals surface area contributed by atoms with Crippen molar-refractivity contribution in [1.29, 1.82) is 0 Å². The summed E-state index contributed by atoms with van der Waals surface area (Å²) in [5.41, 5.74) is 12.5. The van der Waals surface area contributed by atoms with Crippen LogP contribution in [0.15, 0.2) is 206 Å². The normalized spacial score (nSPS) is 12.8. The van der Waals surface area contributed by atoms with E-state index in [4.69, 9.17) is 9.47 Å². The third kappa shape index (κ3) is 6.19. The van der Waals surface area contributed by atoms with Crippen LogP contribution in [-0.2, 0) is 9.47 Å². The summed E-state index contributed by atoms with van der Waals surface area (Å²) in [5, 5.41) is 0. The highest BCUT2D eigenvalue weighted by Crippen LogP contribution is 2.54. The van der Waals surface area contributed by atoms with Crippen molar-refractivity contribution in [3.8, 4) is 89.0 Å². The van der Waals surface area contributed by atoms with Crippen LogP contribution in [-0.4, -0.2) is 23.9 Å². The summed E-state index contributed by atoms with van der Waals surface area (Å²) >= 11 is 0. The van der Waals surface area contributed by atoms with Crippen LogP contribution in [0.4, 0.5) is 0 Å². The molecule has 0 saturated carbocycles. The van der Waals surface area contributed by atoms with Crippen molar-refractivity contribution < 1.29 is 28.7 Å². The van der Waals surface area contributed by atoms with Gasteiger partial charge >= 0.3 is 23.9 Å². The van der Waals surface area contributed by atoms with E-state index in [1.54, 1.807) is 0 Å². The first-order valence-electron chi connectivity index (χ1n) is 20.9. The van der Waals surface area contributed by atoms with Gasteiger partial charge in [0.25, 0.3) is 0 Å². The van der Waals surface area contributed by atoms with E-state index in [2.05, 4.69) is 0 Å². The van der Waals surface area contributed by atoms with Gasteiger partial charge < -0.3 is 9.47 Å². The minimum absolute atomic E-state index is 0.209. The van der Waals surface area contributed by atoms with Crippen molar-refractivity contribution in [2.45, 2.75) is 0 Å². The van der Waals surface area contributed by atoms with E-state index in [0.29, 0.717) is 22.3 Å². The number of rotatable bonds is 8. The van der Waals surface area contributed by atoms with Gasteiger partial charge in [0.1, 0.15) is 0 Å². The summed E-state index contributed by atoms with van der Waals surface area (Å²) < 4.78 is 11.0. The van der Waals surface area contributed by atoms with Gasteiger partial charge in [-0.1, -0.05) is 206 Å². The lowest BCUT2D eigenvalue weighted by Crippen LogP contribution is -2.06. The Morgan fingerprint density at radius 1 is 0.172 bits per heavy atom. The lowest BCUT2D eigenvalue weighted by atomic mass is 9.76. The predicted octanol–water partition coefficient (Wildman–Crippen LogP) is 13.6. The van der Waals surface area contributed by atoms with Crippen molar-refractivity contribution in [3.63, 3.8) is 0 Å². The molecule has 64 heavy (non-hydrogen) atoms. The number of cyclic esters (lactones) is 4. The van der Waals surface area contributed by atoms with Crippen LogP contribution in [0.25, 0.3) is 89.0 Å². The summed E-state index contributed by atoms with van der Waals surface area (Å²) in [7, 11) is 0. The number of fused-ring (bicyclic) bond motifs is 2. The second kappa shape index (κ2) is 15.6. The fraction of sp³-hybridized carbons (Fsp3) is 0. The van der Waals surface area contributed by atoms with E-state index in [1.165, 1.54) is 0 Å². The smallest absolute Gasteiger partial charge is 0.347 e. The molecule has 0 radical (unpaired) electrons. The van der Waals surface area contributed by atoms with Gasteiger partial charge in [0, 0.05) is 22.3 Å². The topological polar surface area (TPSA) is 86.7 Å². The molecule has 0 saturated heterocycles. The maximum absolute atomic E-state index is 14.1. The van der Waals surface area contributed by atoms with Crippen molar-refractivity contribution >= 4 is 23.9 Å². The van der Waals surface area contributed by atoms with Crippen LogP contribution in [0.5, 0.6) is 0 Å². The van der Waals surface area contributed by atoms with Gasteiger partial charge in [0.05, 0.1) is 22.3 Å². The highest BCUT2D eigenvalue weighted by Gasteiger charge is 2.42. The Balaban J connectivity index is 1.27. The summed E-state index contributed by atoms with van der Waals surface area (Å²) in [4.78, 5) is 56.0. The van der Waals surface area contributed by atoms with Crippen molar-refractivity contribution in [3.05, 3.63) is 229 Å². The van der Waals surface area contributed by atoms with Gasteiger partial charge in [-0.05, 0) is 66.8 Å². The molecule has 6 heteroatoms. The zero-order valence-electron chi connectivity index (χ0n) is 34.1. The van der Waals surface area contributed by atoms with Crippen LogP contribution in [0.2, 0.25) is 0 Å². The van der Waals surface area contributed by atoms with E-state index >= 15 is 0 Å². The van der Waals surface area contributed by atoms with E-state index < -0.39 is 23.9 Å². The maximum atomic E-state index is 14.1. The molecule has 0 bridgehead atoms. The molecule has 0 fully saturated rings. The molecule has 9 aromatic carbocycles. The summed E-state index contributed by atoms with van der Waals surface area (Å²) in [6.07, 6.45) is 0. The molecule has 302 valence electrons. The Bertz CT molecular complexity index is 3100. The SMILES string of the molecule is O=C1OC(=O)c2c1c(-c1ccccc1)c(-c1ccccc1)c(-c1ccc(-c3c(-c4ccccc4)c4c(c(-c5ccccc5)c3-c3ccccc3)C(=O)OC4=O)cc1)c2-c1ccccc1. The van der Waals surface area contributed by atoms with Crippen molar-refractivity contribution in [2.75, 3.05) is 0 Å². The second-order valence-electron chi connectivity index (χ2n) is 15.6. The summed E-state index contributed by atoms with van der Waals surface area (Å²) in [6, 6.07) is 66.3. The fourth-order valence-electron chi connectivity index (χ4n) is 9.43. The number of carbonyl (C=O) groups excluding carboxylic acids is 4. The number of hydrogen-bond acceptors (Lipinski definition) is 6. The highest BCUT2D eigenvalue weighted by molar-refractivity contribution is 6.27.